The van der Waals surface area contributed by atoms with Gasteiger partial charge < -0.3 is 5.11 Å². The lowest BCUT2D eigenvalue weighted by Gasteiger charge is -1.96. The molecule has 70 valence electrons. The highest BCUT2D eigenvalue weighted by Gasteiger charge is 2.11. The first-order valence-electron chi connectivity index (χ1n) is 3.88. The number of ketones is 1. The topological polar surface area (TPSA) is 78.2 Å². The number of nitriles is 1. The Kier molecular flexibility index (Phi) is 2.97. The number of carboxylic acids is 1. The van der Waals surface area contributed by atoms with Crippen LogP contribution in [0, 0.1) is 11.3 Å². The van der Waals surface area contributed by atoms with Gasteiger partial charge in [-0.2, -0.15) is 5.26 Å². The van der Waals surface area contributed by atoms with E-state index in [0.29, 0.717) is 11.1 Å². The molecule has 14 heavy (non-hydrogen) atoms. The number of Topliss-reactive ketones (excluding diaryl/α,β-unsaturated/α-hetero) is 1. The predicted octanol–water partition coefficient (Wildman–Crippen LogP) is 0.754. The van der Waals surface area contributed by atoms with Gasteiger partial charge in [0.25, 0.3) is 0 Å². The van der Waals surface area contributed by atoms with E-state index in [1.165, 1.54) is 0 Å². The van der Waals surface area contributed by atoms with Crippen LogP contribution in [0.4, 0.5) is 0 Å². The zero-order valence-corrected chi connectivity index (χ0v) is 7.23. The van der Waals surface area contributed by atoms with E-state index in [0.717, 1.165) is 0 Å². The number of hydrogen-bond donors (Lipinski definition) is 1. The summed E-state index contributed by atoms with van der Waals surface area (Å²) in [4.78, 5) is 21.0. The standard InChI is InChI=1S/C10H7NO3/c11-6-8-3-1-7(2-4-8)5-9(12)10(13)14/h1-4H,5H2,(H,13,14). The maximum Gasteiger partial charge on any atom is 0.372 e. The number of benzene rings is 1. The Morgan fingerprint density at radius 3 is 2.29 bits per heavy atom. The second-order valence-electron chi connectivity index (χ2n) is 2.71. The Hall–Kier alpha value is -2.15. The number of rotatable bonds is 3. The molecule has 0 aliphatic heterocycles. The molecule has 0 bridgehead atoms. The maximum absolute atomic E-state index is 10.8. The minimum absolute atomic E-state index is 0.138. The van der Waals surface area contributed by atoms with E-state index in [-0.39, 0.29) is 6.42 Å². The fourth-order valence-corrected chi connectivity index (χ4v) is 0.958. The molecule has 0 heterocycles. The highest BCUT2D eigenvalue weighted by atomic mass is 16.4. The van der Waals surface area contributed by atoms with Gasteiger partial charge in [0.1, 0.15) is 0 Å². The molecule has 0 spiro atoms. The van der Waals surface area contributed by atoms with Crippen molar-refractivity contribution in [3.8, 4) is 6.07 Å². The van der Waals surface area contributed by atoms with Crippen molar-refractivity contribution in [2.75, 3.05) is 0 Å². The molecule has 0 aromatic heterocycles. The van der Waals surface area contributed by atoms with Crippen molar-refractivity contribution in [2.24, 2.45) is 0 Å². The van der Waals surface area contributed by atoms with Crippen LogP contribution < -0.4 is 0 Å². The van der Waals surface area contributed by atoms with E-state index < -0.39 is 11.8 Å². The van der Waals surface area contributed by atoms with Crippen molar-refractivity contribution >= 4 is 11.8 Å². The van der Waals surface area contributed by atoms with E-state index in [2.05, 4.69) is 0 Å². The Morgan fingerprint density at radius 1 is 1.29 bits per heavy atom. The molecule has 0 radical (unpaired) electrons. The second kappa shape index (κ2) is 4.19. The van der Waals surface area contributed by atoms with E-state index in [9.17, 15) is 9.59 Å². The van der Waals surface area contributed by atoms with Gasteiger partial charge in [-0.15, -0.1) is 0 Å². The van der Waals surface area contributed by atoms with Crippen LogP contribution in [0.5, 0.6) is 0 Å². The summed E-state index contributed by atoms with van der Waals surface area (Å²) in [5, 5.41) is 16.8. The van der Waals surface area contributed by atoms with Crippen molar-refractivity contribution in [3.63, 3.8) is 0 Å². The summed E-state index contributed by atoms with van der Waals surface area (Å²) in [5.41, 5.74) is 1.08. The summed E-state index contributed by atoms with van der Waals surface area (Å²) in [6.45, 7) is 0. The molecular weight excluding hydrogens is 182 g/mol. The average molecular weight is 189 g/mol. The lowest BCUT2D eigenvalue weighted by Crippen LogP contribution is -2.14. The largest absolute Gasteiger partial charge is 0.475 e. The minimum atomic E-state index is -1.44. The van der Waals surface area contributed by atoms with Crippen molar-refractivity contribution in [1.82, 2.24) is 0 Å². The number of carbonyl (C=O) groups is 2. The molecule has 1 aromatic carbocycles. The quantitative estimate of drug-likeness (QED) is 0.712. The van der Waals surface area contributed by atoms with Gasteiger partial charge in [0.2, 0.25) is 5.78 Å². The normalized spacial score (nSPS) is 9.07. The van der Waals surface area contributed by atoms with Crippen LogP contribution in [0.1, 0.15) is 11.1 Å². The second-order valence-corrected chi connectivity index (χ2v) is 2.71. The van der Waals surface area contributed by atoms with Crippen LogP contribution >= 0.6 is 0 Å². The van der Waals surface area contributed by atoms with Crippen molar-refractivity contribution < 1.29 is 14.7 Å². The molecule has 1 N–H and O–H groups in total. The third-order valence-corrected chi connectivity index (χ3v) is 1.69. The molecule has 1 rings (SSSR count). The fourth-order valence-electron chi connectivity index (χ4n) is 0.958. The van der Waals surface area contributed by atoms with Crippen LogP contribution in [-0.4, -0.2) is 16.9 Å². The fraction of sp³-hybridized carbons (Fsp3) is 0.100. The highest BCUT2D eigenvalue weighted by Crippen LogP contribution is 2.04. The number of aliphatic carboxylic acids is 1. The Bertz CT molecular complexity index is 400. The van der Waals surface area contributed by atoms with Crippen LogP contribution in [-0.2, 0) is 16.0 Å². The summed E-state index contributed by atoms with van der Waals surface area (Å²) >= 11 is 0. The van der Waals surface area contributed by atoms with Gasteiger partial charge in [0.15, 0.2) is 0 Å². The average Bonchev–Trinajstić information content (AvgIpc) is 2.19. The molecule has 0 amide bonds. The maximum atomic E-state index is 10.8. The molecule has 0 unspecified atom stereocenters. The summed E-state index contributed by atoms with van der Waals surface area (Å²) < 4.78 is 0. The predicted molar refractivity (Wildman–Crippen MR) is 47.5 cm³/mol. The first-order chi connectivity index (χ1) is 6.63. The number of carboxylic acid groups (broad SMARTS) is 1. The first kappa shape index (κ1) is 9.93. The monoisotopic (exact) mass is 189 g/mol. The zero-order valence-electron chi connectivity index (χ0n) is 7.23. The van der Waals surface area contributed by atoms with Gasteiger partial charge in [0, 0.05) is 6.42 Å². The van der Waals surface area contributed by atoms with Gasteiger partial charge in [-0.1, -0.05) is 12.1 Å². The molecule has 0 aliphatic rings. The van der Waals surface area contributed by atoms with Gasteiger partial charge in [-0.05, 0) is 17.7 Å². The van der Waals surface area contributed by atoms with Crippen LogP contribution in [0.2, 0.25) is 0 Å². The molecule has 0 aliphatic carbocycles. The number of nitrogens with zero attached hydrogens (tertiary/aromatic N) is 1. The summed E-state index contributed by atoms with van der Waals surface area (Å²) in [5.74, 6) is -2.29. The van der Waals surface area contributed by atoms with Gasteiger partial charge >= 0.3 is 5.97 Å². The van der Waals surface area contributed by atoms with E-state index in [1.807, 2.05) is 6.07 Å². The summed E-state index contributed by atoms with van der Waals surface area (Å²) in [7, 11) is 0. The lowest BCUT2D eigenvalue weighted by molar-refractivity contribution is -0.148. The summed E-state index contributed by atoms with van der Waals surface area (Å²) in [6.07, 6.45) is -0.138. The Labute approximate surface area is 80.4 Å². The van der Waals surface area contributed by atoms with Crippen LogP contribution in [0.25, 0.3) is 0 Å². The number of carbonyl (C=O) groups excluding carboxylic acids is 1. The van der Waals surface area contributed by atoms with E-state index in [1.54, 1.807) is 24.3 Å². The van der Waals surface area contributed by atoms with E-state index >= 15 is 0 Å². The van der Waals surface area contributed by atoms with E-state index in [4.69, 9.17) is 10.4 Å². The molecule has 4 heteroatoms. The van der Waals surface area contributed by atoms with Crippen molar-refractivity contribution in [2.45, 2.75) is 6.42 Å². The SMILES string of the molecule is N#Cc1ccc(CC(=O)C(=O)O)cc1. The first-order valence-corrected chi connectivity index (χ1v) is 3.88. The van der Waals surface area contributed by atoms with Crippen LogP contribution in [0.15, 0.2) is 24.3 Å². The van der Waals surface area contributed by atoms with Crippen LogP contribution in [0.3, 0.4) is 0 Å². The van der Waals surface area contributed by atoms with Crippen molar-refractivity contribution in [3.05, 3.63) is 35.4 Å². The molecule has 0 atom stereocenters. The smallest absolute Gasteiger partial charge is 0.372 e. The Balaban J connectivity index is 2.75. The highest BCUT2D eigenvalue weighted by molar-refractivity contribution is 6.33. The lowest BCUT2D eigenvalue weighted by atomic mass is 10.1. The van der Waals surface area contributed by atoms with Crippen molar-refractivity contribution in [1.29, 1.82) is 5.26 Å². The number of hydrogen-bond acceptors (Lipinski definition) is 3. The molecular formula is C10H7NO3. The van der Waals surface area contributed by atoms with Gasteiger partial charge in [0.05, 0.1) is 11.6 Å². The third-order valence-electron chi connectivity index (χ3n) is 1.69. The molecule has 0 saturated heterocycles. The third kappa shape index (κ3) is 2.42. The van der Waals surface area contributed by atoms with Gasteiger partial charge in [-0.3, -0.25) is 4.79 Å². The molecule has 1 aromatic rings. The minimum Gasteiger partial charge on any atom is -0.475 e. The Morgan fingerprint density at radius 2 is 1.86 bits per heavy atom. The molecule has 0 saturated carbocycles. The summed E-state index contributed by atoms with van der Waals surface area (Å²) in [6, 6.07) is 8.16. The molecule has 0 fully saturated rings. The zero-order chi connectivity index (χ0) is 10.6. The molecule has 4 nitrogen and oxygen atoms in total. The van der Waals surface area contributed by atoms with Gasteiger partial charge in [-0.25, -0.2) is 4.79 Å².